The summed E-state index contributed by atoms with van der Waals surface area (Å²) >= 11 is 0. The van der Waals surface area contributed by atoms with Gasteiger partial charge in [0.15, 0.2) is 22.6 Å². The second kappa shape index (κ2) is 10.0. The molecule has 1 aliphatic carbocycles. The molecular formula is C28H28N14O2. The average molecular weight is 593 g/mol. The first-order valence-electron chi connectivity index (χ1n) is 13.8. The number of nitrogens with zero attached hydrogens (tertiary/aromatic N) is 12. The van der Waals surface area contributed by atoms with Gasteiger partial charge in [0, 0.05) is 18.9 Å². The first kappa shape index (κ1) is 26.8. The molecule has 44 heavy (non-hydrogen) atoms. The quantitative estimate of drug-likeness (QED) is 0.287. The number of nitrogens with two attached hydrogens (primary N) is 2. The maximum atomic E-state index is 12.7. The van der Waals surface area contributed by atoms with Crippen molar-refractivity contribution in [1.29, 1.82) is 0 Å². The molecule has 222 valence electrons. The topological polar surface area (TPSA) is 192 Å². The number of aryl methyl sites for hydroxylation is 1. The number of fused-ring (bicyclic) bond motifs is 6. The summed E-state index contributed by atoms with van der Waals surface area (Å²) in [5, 5.41) is 18.4. The number of anilines is 2. The second-order valence-electron chi connectivity index (χ2n) is 10.6. The summed E-state index contributed by atoms with van der Waals surface area (Å²) in [6, 6.07) is 7.93. The van der Waals surface area contributed by atoms with E-state index < -0.39 is 0 Å². The van der Waals surface area contributed by atoms with E-state index in [-0.39, 0.29) is 23.3 Å². The lowest BCUT2D eigenvalue weighted by atomic mass is 10.1. The number of rotatable bonds is 6. The van der Waals surface area contributed by atoms with Crippen LogP contribution in [0.3, 0.4) is 0 Å². The van der Waals surface area contributed by atoms with Gasteiger partial charge < -0.3 is 11.5 Å². The molecule has 6 aromatic heterocycles. The van der Waals surface area contributed by atoms with Crippen molar-refractivity contribution in [2.75, 3.05) is 11.5 Å². The van der Waals surface area contributed by atoms with Crippen LogP contribution in [0, 0.1) is 12.8 Å². The van der Waals surface area contributed by atoms with Crippen LogP contribution in [0.2, 0.25) is 0 Å². The fraction of sp³-hybridized carbons (Fsp3) is 0.214. The number of hydrogen-bond acceptors (Lipinski definition) is 10. The van der Waals surface area contributed by atoms with E-state index in [4.69, 9.17) is 11.5 Å². The number of hydrogen-bond donors (Lipinski definition) is 2. The van der Waals surface area contributed by atoms with Crippen LogP contribution in [0.1, 0.15) is 24.0 Å². The van der Waals surface area contributed by atoms with Gasteiger partial charge in [-0.2, -0.15) is 20.2 Å². The maximum absolute atomic E-state index is 12.7. The average Bonchev–Trinajstić information content (AvgIpc) is 3.28. The van der Waals surface area contributed by atoms with Gasteiger partial charge in [0.05, 0.1) is 29.7 Å². The molecule has 4 N–H and O–H groups in total. The number of nitrogen functional groups attached to an aromatic ring is 2. The maximum Gasteiger partial charge on any atom is 0.353 e. The van der Waals surface area contributed by atoms with E-state index >= 15 is 0 Å². The first-order chi connectivity index (χ1) is 21.3. The molecule has 0 aliphatic heterocycles. The zero-order valence-electron chi connectivity index (χ0n) is 23.8. The van der Waals surface area contributed by atoms with Gasteiger partial charge in [-0.1, -0.05) is 43.0 Å². The van der Waals surface area contributed by atoms with Crippen LogP contribution in [0.5, 0.6) is 0 Å². The predicted octanol–water partition coefficient (Wildman–Crippen LogP) is 1.61. The molecular weight excluding hydrogens is 564 g/mol. The van der Waals surface area contributed by atoms with Crippen LogP contribution >= 0.6 is 0 Å². The van der Waals surface area contributed by atoms with Crippen molar-refractivity contribution in [1.82, 2.24) is 57.9 Å². The van der Waals surface area contributed by atoms with Gasteiger partial charge in [0.2, 0.25) is 11.9 Å². The fourth-order valence-electron chi connectivity index (χ4n) is 5.16. The van der Waals surface area contributed by atoms with Crippen molar-refractivity contribution >= 4 is 57.7 Å². The third-order valence-corrected chi connectivity index (χ3v) is 7.49. The van der Waals surface area contributed by atoms with Crippen LogP contribution in [0.15, 0.2) is 59.4 Å². The molecule has 7 aromatic rings. The summed E-state index contributed by atoms with van der Waals surface area (Å²) in [6.45, 7) is 10.3. The minimum atomic E-state index is -0.329. The van der Waals surface area contributed by atoms with Crippen LogP contribution in [0.4, 0.5) is 11.9 Å². The summed E-state index contributed by atoms with van der Waals surface area (Å²) in [6.07, 6.45) is 8.57. The zero-order chi connectivity index (χ0) is 30.7. The molecule has 16 heteroatoms. The van der Waals surface area contributed by atoms with Crippen molar-refractivity contribution in [3.8, 4) is 0 Å². The van der Waals surface area contributed by atoms with Crippen molar-refractivity contribution < 1.29 is 0 Å². The Kier molecular flexibility index (Phi) is 6.12. The highest BCUT2D eigenvalue weighted by molar-refractivity contribution is 5.91. The van der Waals surface area contributed by atoms with Gasteiger partial charge in [0.1, 0.15) is 0 Å². The van der Waals surface area contributed by atoms with Crippen molar-refractivity contribution in [3.05, 3.63) is 81.9 Å². The predicted molar refractivity (Wildman–Crippen MR) is 166 cm³/mol. The largest absolute Gasteiger partial charge is 0.369 e. The molecule has 0 saturated heterocycles. The summed E-state index contributed by atoms with van der Waals surface area (Å²) in [5.74, 6) is 0.739. The Bertz CT molecular complexity index is 2380. The Morgan fingerprint density at radius 3 is 1.91 bits per heavy atom. The van der Waals surface area contributed by atoms with Crippen molar-refractivity contribution in [3.63, 3.8) is 0 Å². The minimum Gasteiger partial charge on any atom is -0.369 e. The molecule has 1 saturated carbocycles. The van der Waals surface area contributed by atoms with E-state index in [9.17, 15) is 9.59 Å². The molecule has 0 atom stereocenters. The lowest BCUT2D eigenvalue weighted by Gasteiger charge is -2.01. The zero-order valence-corrected chi connectivity index (χ0v) is 23.8. The monoisotopic (exact) mass is 592 g/mol. The highest BCUT2D eigenvalue weighted by Gasteiger charge is 2.25. The Morgan fingerprint density at radius 2 is 1.39 bits per heavy atom. The SMILES string of the molecule is C=Cn1ncc2c1nc(N)n1c(=O)n(CC3CC3)nc21.C=Cn1ncc2c1nc(N)n1c(=O)n(Cc3cccc(C)c3)nc21. The van der Waals surface area contributed by atoms with Gasteiger partial charge in [-0.15, -0.1) is 10.2 Å². The minimum absolute atomic E-state index is 0.0709. The van der Waals surface area contributed by atoms with E-state index in [0.29, 0.717) is 52.4 Å². The highest BCUT2D eigenvalue weighted by Crippen LogP contribution is 2.30. The normalized spacial score (nSPS) is 13.1. The van der Waals surface area contributed by atoms with Crippen LogP contribution < -0.4 is 22.8 Å². The number of aromatic nitrogens is 12. The van der Waals surface area contributed by atoms with Gasteiger partial charge in [-0.05, 0) is 31.2 Å². The lowest BCUT2D eigenvalue weighted by molar-refractivity contribution is 0.545. The Labute approximate surface area is 247 Å². The van der Waals surface area contributed by atoms with E-state index in [1.54, 1.807) is 12.4 Å². The van der Waals surface area contributed by atoms with E-state index in [1.807, 2.05) is 31.2 Å². The molecule has 0 bridgehead atoms. The molecule has 0 spiro atoms. The van der Waals surface area contributed by atoms with Crippen LogP contribution in [0.25, 0.3) is 45.8 Å². The summed E-state index contributed by atoms with van der Waals surface area (Å²) in [5.41, 5.74) is 15.4. The molecule has 0 radical (unpaired) electrons. The molecule has 6 heterocycles. The fourth-order valence-corrected chi connectivity index (χ4v) is 5.16. The first-order valence-corrected chi connectivity index (χ1v) is 13.8. The third-order valence-electron chi connectivity index (χ3n) is 7.49. The molecule has 0 unspecified atom stereocenters. The van der Waals surface area contributed by atoms with E-state index in [2.05, 4.69) is 43.5 Å². The lowest BCUT2D eigenvalue weighted by Crippen LogP contribution is -2.23. The van der Waals surface area contributed by atoms with Crippen LogP contribution in [-0.2, 0) is 13.1 Å². The summed E-state index contributed by atoms with van der Waals surface area (Å²) in [7, 11) is 0. The smallest absolute Gasteiger partial charge is 0.353 e. The van der Waals surface area contributed by atoms with Crippen molar-refractivity contribution in [2.45, 2.75) is 32.9 Å². The number of benzene rings is 1. The molecule has 1 fully saturated rings. The van der Waals surface area contributed by atoms with Crippen LogP contribution in [-0.4, -0.2) is 57.9 Å². The van der Waals surface area contributed by atoms with Gasteiger partial charge >= 0.3 is 11.4 Å². The molecule has 1 aliphatic rings. The van der Waals surface area contributed by atoms with Crippen molar-refractivity contribution in [2.24, 2.45) is 5.92 Å². The second-order valence-corrected chi connectivity index (χ2v) is 10.6. The van der Waals surface area contributed by atoms with E-state index in [0.717, 1.165) is 24.0 Å². The Balaban J connectivity index is 0.000000144. The highest BCUT2D eigenvalue weighted by atomic mass is 16.2. The Hall–Kier alpha value is -6.06. The summed E-state index contributed by atoms with van der Waals surface area (Å²) < 4.78 is 8.49. The van der Waals surface area contributed by atoms with Gasteiger partial charge in [-0.3, -0.25) is 0 Å². The molecule has 0 amide bonds. The molecule has 16 nitrogen and oxygen atoms in total. The Morgan fingerprint density at radius 1 is 0.841 bits per heavy atom. The van der Waals surface area contributed by atoms with E-state index in [1.165, 1.54) is 39.9 Å². The van der Waals surface area contributed by atoms with Gasteiger partial charge in [0.25, 0.3) is 0 Å². The standard InChI is InChI=1S/C16H15N7O.C12H13N7O/c1-3-21-13-12(8-18-21)14-20-22(16(24)23(14)15(17)19-13)9-11-6-4-5-10(2)7-11;1-2-17-9-8(5-14-17)10-16-18(6-7-3-4-7)12(20)19(10)11(13)15-9/h3-8H,1,9H2,2H3,(H2,17,19);2,5,7H,1,3-4,6H2,(H2,13,15). The van der Waals surface area contributed by atoms with Gasteiger partial charge in [-0.25, -0.2) is 37.1 Å². The third kappa shape index (κ3) is 4.31. The molecule has 8 rings (SSSR count). The summed E-state index contributed by atoms with van der Waals surface area (Å²) in [4.78, 5) is 33.4. The molecule has 1 aromatic carbocycles.